The van der Waals surface area contributed by atoms with Crippen molar-refractivity contribution in [3.63, 3.8) is 0 Å². The van der Waals surface area contributed by atoms with Crippen LogP contribution in [0.2, 0.25) is 0 Å². The SMILES string of the molecule is CCCC(COC)NC1CCc2cc(F)ccc21. The summed E-state index contributed by atoms with van der Waals surface area (Å²) in [5, 5.41) is 3.65. The topological polar surface area (TPSA) is 21.3 Å². The van der Waals surface area contributed by atoms with Gasteiger partial charge in [0.05, 0.1) is 6.61 Å². The Kier molecular flexibility index (Phi) is 4.72. The fourth-order valence-electron chi connectivity index (χ4n) is 2.81. The molecule has 2 rings (SSSR count). The van der Waals surface area contributed by atoms with Crippen molar-refractivity contribution in [1.29, 1.82) is 0 Å². The molecule has 0 fully saturated rings. The van der Waals surface area contributed by atoms with Crippen LogP contribution in [-0.2, 0) is 11.2 Å². The van der Waals surface area contributed by atoms with Crippen molar-refractivity contribution in [2.75, 3.05) is 13.7 Å². The van der Waals surface area contributed by atoms with Gasteiger partial charge in [-0.05, 0) is 42.5 Å². The first kappa shape index (κ1) is 13.5. The molecule has 1 aliphatic rings. The van der Waals surface area contributed by atoms with Crippen molar-refractivity contribution < 1.29 is 9.13 Å². The summed E-state index contributed by atoms with van der Waals surface area (Å²) in [6.07, 6.45) is 4.28. The predicted octanol–water partition coefficient (Wildman–Crippen LogP) is 3.22. The first-order valence-electron chi connectivity index (χ1n) is 6.78. The Balaban J connectivity index is 2.03. The van der Waals surface area contributed by atoms with Gasteiger partial charge in [0.2, 0.25) is 0 Å². The maximum atomic E-state index is 13.2. The third kappa shape index (κ3) is 3.09. The molecule has 1 aromatic carbocycles. The van der Waals surface area contributed by atoms with Crippen molar-refractivity contribution in [2.24, 2.45) is 0 Å². The maximum absolute atomic E-state index is 13.2. The van der Waals surface area contributed by atoms with E-state index in [9.17, 15) is 4.39 Å². The fraction of sp³-hybridized carbons (Fsp3) is 0.600. The highest BCUT2D eigenvalue weighted by Crippen LogP contribution is 2.32. The van der Waals surface area contributed by atoms with E-state index < -0.39 is 0 Å². The smallest absolute Gasteiger partial charge is 0.123 e. The second kappa shape index (κ2) is 6.30. The van der Waals surface area contributed by atoms with Gasteiger partial charge in [0.25, 0.3) is 0 Å². The first-order chi connectivity index (χ1) is 8.74. The van der Waals surface area contributed by atoms with Crippen LogP contribution in [0, 0.1) is 5.82 Å². The second-order valence-electron chi connectivity index (χ2n) is 5.04. The zero-order valence-corrected chi connectivity index (χ0v) is 11.2. The third-order valence-corrected chi connectivity index (χ3v) is 3.62. The van der Waals surface area contributed by atoms with E-state index in [4.69, 9.17) is 4.74 Å². The average Bonchev–Trinajstić information content (AvgIpc) is 2.72. The van der Waals surface area contributed by atoms with Crippen LogP contribution in [0.1, 0.15) is 43.4 Å². The number of nitrogens with one attached hydrogen (secondary N) is 1. The molecule has 3 heteroatoms. The largest absolute Gasteiger partial charge is 0.383 e. The molecule has 1 aromatic rings. The molecule has 0 saturated heterocycles. The Morgan fingerprint density at radius 2 is 2.33 bits per heavy atom. The molecule has 2 unspecified atom stereocenters. The summed E-state index contributed by atoms with van der Waals surface area (Å²) in [6, 6.07) is 5.89. The van der Waals surface area contributed by atoms with Crippen LogP contribution in [0.3, 0.4) is 0 Å². The summed E-state index contributed by atoms with van der Waals surface area (Å²) in [7, 11) is 1.74. The molecule has 0 heterocycles. The molecular formula is C15H22FNO. The highest BCUT2D eigenvalue weighted by atomic mass is 19.1. The number of halogens is 1. The monoisotopic (exact) mass is 251 g/mol. The molecular weight excluding hydrogens is 229 g/mol. The highest BCUT2D eigenvalue weighted by Gasteiger charge is 2.24. The Labute approximate surface area is 109 Å². The number of ether oxygens (including phenoxy) is 1. The molecule has 18 heavy (non-hydrogen) atoms. The molecule has 0 radical (unpaired) electrons. The minimum Gasteiger partial charge on any atom is -0.383 e. The van der Waals surface area contributed by atoms with E-state index in [1.807, 2.05) is 6.07 Å². The normalized spacial score (nSPS) is 19.8. The van der Waals surface area contributed by atoms with Gasteiger partial charge in [-0.2, -0.15) is 0 Å². The number of aryl methyl sites for hydroxylation is 1. The van der Waals surface area contributed by atoms with Gasteiger partial charge in [-0.1, -0.05) is 19.4 Å². The maximum Gasteiger partial charge on any atom is 0.123 e. The summed E-state index contributed by atoms with van der Waals surface area (Å²) in [5.41, 5.74) is 2.41. The summed E-state index contributed by atoms with van der Waals surface area (Å²) < 4.78 is 18.4. The molecule has 0 saturated carbocycles. The quantitative estimate of drug-likeness (QED) is 0.838. The van der Waals surface area contributed by atoms with E-state index in [1.165, 1.54) is 5.56 Å². The molecule has 0 aromatic heterocycles. The molecule has 1 aliphatic carbocycles. The first-order valence-corrected chi connectivity index (χ1v) is 6.78. The van der Waals surface area contributed by atoms with E-state index in [-0.39, 0.29) is 5.82 Å². The molecule has 2 nitrogen and oxygen atoms in total. The number of methoxy groups -OCH3 is 1. The number of fused-ring (bicyclic) bond motifs is 1. The predicted molar refractivity (Wildman–Crippen MR) is 71.2 cm³/mol. The molecule has 0 bridgehead atoms. The van der Waals surface area contributed by atoms with Crippen molar-refractivity contribution in [2.45, 2.75) is 44.7 Å². The molecule has 0 amide bonds. The van der Waals surface area contributed by atoms with E-state index in [1.54, 1.807) is 19.2 Å². The van der Waals surface area contributed by atoms with Crippen LogP contribution in [0.5, 0.6) is 0 Å². The van der Waals surface area contributed by atoms with Crippen molar-refractivity contribution in [1.82, 2.24) is 5.32 Å². The number of hydrogen-bond donors (Lipinski definition) is 1. The average molecular weight is 251 g/mol. The number of rotatable bonds is 6. The zero-order chi connectivity index (χ0) is 13.0. The molecule has 0 aliphatic heterocycles. The van der Waals surface area contributed by atoms with Crippen LogP contribution in [0.15, 0.2) is 18.2 Å². The molecule has 100 valence electrons. The van der Waals surface area contributed by atoms with Crippen LogP contribution < -0.4 is 5.32 Å². The van der Waals surface area contributed by atoms with Crippen molar-refractivity contribution in [3.05, 3.63) is 35.1 Å². The number of benzene rings is 1. The Hall–Kier alpha value is -0.930. The lowest BCUT2D eigenvalue weighted by molar-refractivity contribution is 0.155. The molecule has 1 N–H and O–H groups in total. The lowest BCUT2D eigenvalue weighted by atomic mass is 10.1. The van der Waals surface area contributed by atoms with Crippen molar-refractivity contribution >= 4 is 0 Å². The van der Waals surface area contributed by atoms with Gasteiger partial charge >= 0.3 is 0 Å². The van der Waals surface area contributed by atoms with Crippen LogP contribution in [0.25, 0.3) is 0 Å². The summed E-state index contributed by atoms with van der Waals surface area (Å²) in [5.74, 6) is -0.128. The second-order valence-corrected chi connectivity index (χ2v) is 5.04. The van der Waals surface area contributed by atoms with Crippen LogP contribution >= 0.6 is 0 Å². The standard InChI is InChI=1S/C15H22FNO/c1-3-4-13(10-18-2)17-15-8-5-11-9-12(16)6-7-14(11)15/h6-7,9,13,15,17H,3-5,8,10H2,1-2H3. The van der Waals surface area contributed by atoms with Crippen molar-refractivity contribution in [3.8, 4) is 0 Å². The Bertz CT molecular complexity index is 388. The van der Waals surface area contributed by atoms with E-state index in [0.29, 0.717) is 12.1 Å². The van der Waals surface area contributed by atoms with Gasteiger partial charge in [0, 0.05) is 19.2 Å². The molecule has 0 spiro atoms. The molecule has 2 atom stereocenters. The lowest BCUT2D eigenvalue weighted by Crippen LogP contribution is -2.35. The van der Waals surface area contributed by atoms with Gasteiger partial charge in [-0.15, -0.1) is 0 Å². The Morgan fingerprint density at radius 1 is 1.50 bits per heavy atom. The van der Waals surface area contributed by atoms with Gasteiger partial charge in [0.15, 0.2) is 0 Å². The highest BCUT2D eigenvalue weighted by molar-refractivity contribution is 5.35. The van der Waals surface area contributed by atoms with Crippen LogP contribution in [0.4, 0.5) is 4.39 Å². The van der Waals surface area contributed by atoms with E-state index >= 15 is 0 Å². The number of hydrogen-bond acceptors (Lipinski definition) is 2. The fourth-order valence-corrected chi connectivity index (χ4v) is 2.81. The Morgan fingerprint density at radius 3 is 3.06 bits per heavy atom. The zero-order valence-electron chi connectivity index (χ0n) is 11.2. The minimum atomic E-state index is -0.128. The van der Waals surface area contributed by atoms with Gasteiger partial charge in [0.1, 0.15) is 5.82 Å². The van der Waals surface area contributed by atoms with Gasteiger partial charge in [-0.25, -0.2) is 4.39 Å². The summed E-state index contributed by atoms with van der Waals surface area (Å²) in [4.78, 5) is 0. The lowest BCUT2D eigenvalue weighted by Gasteiger charge is -2.22. The van der Waals surface area contributed by atoms with Gasteiger partial charge in [-0.3, -0.25) is 0 Å². The summed E-state index contributed by atoms with van der Waals surface area (Å²) >= 11 is 0. The third-order valence-electron chi connectivity index (χ3n) is 3.62. The van der Waals surface area contributed by atoms with Gasteiger partial charge < -0.3 is 10.1 Å². The van der Waals surface area contributed by atoms with E-state index in [2.05, 4.69) is 12.2 Å². The van der Waals surface area contributed by atoms with Crippen LogP contribution in [-0.4, -0.2) is 19.8 Å². The summed E-state index contributed by atoms with van der Waals surface area (Å²) in [6.45, 7) is 2.92. The minimum absolute atomic E-state index is 0.128. The van der Waals surface area contributed by atoms with E-state index in [0.717, 1.165) is 37.9 Å².